The molecule has 2 fully saturated rings. The number of quaternary nitrogens is 1. The largest absolute Gasteiger partial charge is 0.458 e. The van der Waals surface area contributed by atoms with Gasteiger partial charge in [-0.2, -0.15) is 0 Å². The van der Waals surface area contributed by atoms with Crippen molar-refractivity contribution in [3.63, 3.8) is 0 Å². The van der Waals surface area contributed by atoms with Crippen LogP contribution in [0.1, 0.15) is 47.2 Å². The molecule has 2 unspecified atom stereocenters. The minimum absolute atomic E-state index is 0.115. The lowest BCUT2D eigenvalue weighted by Gasteiger charge is -2.33. The second-order valence-corrected chi connectivity index (χ2v) is 6.59. The molecule has 3 rings (SSSR count). The summed E-state index contributed by atoms with van der Waals surface area (Å²) in [6, 6.07) is 7.29. The van der Waals surface area contributed by atoms with E-state index >= 15 is 0 Å². The summed E-state index contributed by atoms with van der Waals surface area (Å²) < 4.78 is 5.76. The number of esters is 1. The average Bonchev–Trinajstić information content (AvgIpc) is 2.61. The molecule has 0 aliphatic carbocycles. The Kier molecular flexibility index (Phi) is 3.55. The fourth-order valence-corrected chi connectivity index (χ4v) is 3.94. The first kappa shape index (κ1) is 13.6. The van der Waals surface area contributed by atoms with E-state index in [9.17, 15) is 4.79 Å². The molecule has 3 heteroatoms. The van der Waals surface area contributed by atoms with Gasteiger partial charge in [0, 0.05) is 25.7 Å². The molecule has 108 valence electrons. The van der Waals surface area contributed by atoms with Crippen LogP contribution in [0.2, 0.25) is 0 Å². The Balaban J connectivity index is 1.67. The van der Waals surface area contributed by atoms with Gasteiger partial charge in [-0.1, -0.05) is 17.2 Å². The number of carbonyl (C=O) groups excluding carboxylic acids is 1. The van der Waals surface area contributed by atoms with Crippen molar-refractivity contribution in [2.24, 2.45) is 0 Å². The molecule has 0 spiro atoms. The van der Waals surface area contributed by atoms with Crippen LogP contribution in [0.5, 0.6) is 0 Å². The predicted octanol–water partition coefficient (Wildman–Crippen LogP) is 1.67. The van der Waals surface area contributed by atoms with Crippen LogP contribution in [0, 0.1) is 13.8 Å². The maximum Gasteiger partial charge on any atom is 0.338 e. The Morgan fingerprint density at radius 3 is 2.20 bits per heavy atom. The lowest BCUT2D eigenvalue weighted by atomic mass is 10.0. The van der Waals surface area contributed by atoms with E-state index in [0.29, 0.717) is 17.6 Å². The molecule has 0 saturated carbocycles. The molecule has 1 aromatic carbocycles. The van der Waals surface area contributed by atoms with Crippen LogP contribution in [0.25, 0.3) is 0 Å². The standard InChI is InChI=1S/C17H23NO2/c1-11-6-12(2)8-13(7-11)17(19)20-16-9-14-4-5-15(10-16)18(14)3/h6-8,14-16H,4-5,9-10H2,1-3H3/p+1. The lowest BCUT2D eigenvalue weighted by molar-refractivity contribution is -0.923. The van der Waals surface area contributed by atoms with Crippen LogP contribution in [0.3, 0.4) is 0 Å². The second kappa shape index (κ2) is 5.21. The molecule has 0 radical (unpaired) electrons. The van der Waals surface area contributed by atoms with Gasteiger partial charge in [0.1, 0.15) is 6.10 Å². The molecule has 0 aromatic heterocycles. The molecule has 3 nitrogen and oxygen atoms in total. The fourth-order valence-electron chi connectivity index (χ4n) is 3.94. The van der Waals surface area contributed by atoms with Gasteiger partial charge >= 0.3 is 5.97 Å². The molecule has 2 saturated heterocycles. The Morgan fingerprint density at radius 1 is 1.10 bits per heavy atom. The molecule has 1 aromatic rings. The Morgan fingerprint density at radius 2 is 1.65 bits per heavy atom. The van der Waals surface area contributed by atoms with E-state index in [1.807, 2.05) is 26.0 Å². The van der Waals surface area contributed by atoms with Gasteiger partial charge in [0.25, 0.3) is 0 Å². The van der Waals surface area contributed by atoms with E-state index in [-0.39, 0.29) is 12.1 Å². The molecular weight excluding hydrogens is 250 g/mol. The van der Waals surface area contributed by atoms with Gasteiger partial charge in [-0.05, 0) is 26.0 Å². The van der Waals surface area contributed by atoms with Gasteiger partial charge in [0.15, 0.2) is 0 Å². The summed E-state index contributed by atoms with van der Waals surface area (Å²) in [5.41, 5.74) is 2.93. The molecule has 20 heavy (non-hydrogen) atoms. The van der Waals surface area contributed by atoms with E-state index < -0.39 is 0 Å². The number of fused-ring (bicyclic) bond motifs is 2. The van der Waals surface area contributed by atoms with Crippen molar-refractivity contribution >= 4 is 5.97 Å². The third-order valence-electron chi connectivity index (χ3n) is 4.98. The smallest absolute Gasteiger partial charge is 0.338 e. The van der Waals surface area contributed by atoms with Gasteiger partial charge in [0.2, 0.25) is 0 Å². The summed E-state index contributed by atoms with van der Waals surface area (Å²) in [7, 11) is 2.28. The van der Waals surface area contributed by atoms with Gasteiger partial charge in [0.05, 0.1) is 24.7 Å². The summed E-state index contributed by atoms with van der Waals surface area (Å²) in [5, 5.41) is 0. The lowest BCUT2D eigenvalue weighted by Crippen LogP contribution is -3.15. The molecule has 2 bridgehead atoms. The van der Waals surface area contributed by atoms with Crippen LogP contribution in [-0.2, 0) is 4.74 Å². The number of rotatable bonds is 2. The summed E-state index contributed by atoms with van der Waals surface area (Å²) in [6.07, 6.45) is 4.74. The zero-order valence-electron chi connectivity index (χ0n) is 12.6. The topological polar surface area (TPSA) is 30.7 Å². The Labute approximate surface area is 120 Å². The minimum atomic E-state index is -0.152. The van der Waals surface area contributed by atoms with Gasteiger partial charge < -0.3 is 9.64 Å². The van der Waals surface area contributed by atoms with Crippen molar-refractivity contribution in [1.29, 1.82) is 0 Å². The zero-order valence-corrected chi connectivity index (χ0v) is 12.6. The third kappa shape index (κ3) is 2.59. The van der Waals surface area contributed by atoms with Crippen molar-refractivity contribution in [2.75, 3.05) is 7.05 Å². The maximum absolute atomic E-state index is 12.3. The number of piperidine rings is 1. The van der Waals surface area contributed by atoms with Crippen LogP contribution >= 0.6 is 0 Å². The highest BCUT2D eigenvalue weighted by molar-refractivity contribution is 5.90. The molecular formula is C17H24NO2+. The van der Waals surface area contributed by atoms with Gasteiger partial charge in [-0.25, -0.2) is 4.79 Å². The summed E-state index contributed by atoms with van der Waals surface area (Å²) >= 11 is 0. The zero-order chi connectivity index (χ0) is 14.3. The monoisotopic (exact) mass is 274 g/mol. The second-order valence-electron chi connectivity index (χ2n) is 6.59. The minimum Gasteiger partial charge on any atom is -0.458 e. The van der Waals surface area contributed by atoms with Crippen molar-refractivity contribution in [2.45, 2.75) is 57.7 Å². The molecule has 1 N–H and O–H groups in total. The Bertz CT molecular complexity index is 491. The van der Waals surface area contributed by atoms with Crippen LogP contribution in [-0.4, -0.2) is 31.2 Å². The number of hydrogen-bond acceptors (Lipinski definition) is 2. The number of benzene rings is 1. The van der Waals surface area contributed by atoms with Crippen molar-refractivity contribution < 1.29 is 14.4 Å². The molecule has 0 amide bonds. The van der Waals surface area contributed by atoms with E-state index in [1.165, 1.54) is 12.8 Å². The first-order valence-corrected chi connectivity index (χ1v) is 7.65. The highest BCUT2D eigenvalue weighted by Crippen LogP contribution is 2.25. The van der Waals surface area contributed by atoms with Gasteiger partial charge in [-0.15, -0.1) is 0 Å². The Hall–Kier alpha value is -1.35. The number of carbonyl (C=O) groups is 1. The molecule has 2 aliphatic rings. The van der Waals surface area contributed by atoms with Crippen LogP contribution < -0.4 is 4.90 Å². The third-order valence-corrected chi connectivity index (χ3v) is 4.98. The van der Waals surface area contributed by atoms with Crippen molar-refractivity contribution in [1.82, 2.24) is 0 Å². The van der Waals surface area contributed by atoms with E-state index in [1.54, 1.807) is 4.90 Å². The first-order valence-electron chi connectivity index (χ1n) is 7.65. The van der Waals surface area contributed by atoms with Crippen molar-refractivity contribution in [3.05, 3.63) is 34.9 Å². The number of nitrogens with one attached hydrogen (secondary N) is 1. The molecule has 2 atom stereocenters. The summed E-state index contributed by atoms with van der Waals surface area (Å²) in [4.78, 5) is 13.9. The average molecular weight is 274 g/mol. The van der Waals surface area contributed by atoms with E-state index in [0.717, 1.165) is 24.0 Å². The summed E-state index contributed by atoms with van der Waals surface area (Å²) in [5.74, 6) is -0.152. The highest BCUT2D eigenvalue weighted by atomic mass is 16.5. The van der Waals surface area contributed by atoms with E-state index in [4.69, 9.17) is 4.74 Å². The molecule has 2 aliphatic heterocycles. The van der Waals surface area contributed by atoms with E-state index in [2.05, 4.69) is 13.1 Å². The molecule has 2 heterocycles. The number of aryl methyl sites for hydroxylation is 2. The van der Waals surface area contributed by atoms with Gasteiger partial charge in [-0.3, -0.25) is 0 Å². The fraction of sp³-hybridized carbons (Fsp3) is 0.588. The van der Waals surface area contributed by atoms with Crippen LogP contribution in [0.4, 0.5) is 0 Å². The maximum atomic E-state index is 12.3. The normalized spacial score (nSPS) is 32.1. The van der Waals surface area contributed by atoms with Crippen LogP contribution in [0.15, 0.2) is 18.2 Å². The first-order chi connectivity index (χ1) is 9.52. The summed E-state index contributed by atoms with van der Waals surface area (Å²) in [6.45, 7) is 4.03. The van der Waals surface area contributed by atoms with Crippen molar-refractivity contribution in [3.8, 4) is 0 Å². The quantitative estimate of drug-likeness (QED) is 0.832. The highest BCUT2D eigenvalue weighted by Gasteiger charge is 2.43. The predicted molar refractivity (Wildman–Crippen MR) is 78.1 cm³/mol. The number of ether oxygens (including phenoxy) is 1. The SMILES string of the molecule is Cc1cc(C)cc(C(=O)OC2CC3CCC(C2)[NH+]3C)c1. The number of hydrogen-bond donors (Lipinski definition) is 1.